The summed E-state index contributed by atoms with van der Waals surface area (Å²) in [4.78, 5) is 19.6. The van der Waals surface area contributed by atoms with E-state index in [1.54, 1.807) is 0 Å². The lowest BCUT2D eigenvalue weighted by Crippen LogP contribution is -2.19. The van der Waals surface area contributed by atoms with E-state index < -0.39 is 0 Å². The van der Waals surface area contributed by atoms with Crippen LogP contribution in [0.1, 0.15) is 63.4 Å². The molecule has 1 heterocycles. The van der Waals surface area contributed by atoms with Crippen molar-refractivity contribution in [3.63, 3.8) is 0 Å². The minimum Gasteiger partial charge on any atom is -0.309 e. The van der Waals surface area contributed by atoms with Gasteiger partial charge in [0, 0.05) is 5.92 Å². The Hall–Kier alpha value is -0.390. The number of H-pyrrole nitrogens is 1. The van der Waals surface area contributed by atoms with E-state index in [1.807, 2.05) is 0 Å². The summed E-state index contributed by atoms with van der Waals surface area (Å²) in [6, 6.07) is 0. The van der Waals surface area contributed by atoms with Crippen LogP contribution in [0.4, 0.5) is 0 Å². The van der Waals surface area contributed by atoms with Gasteiger partial charge in [0.05, 0.1) is 9.26 Å². The van der Waals surface area contributed by atoms with Gasteiger partial charge in [-0.25, -0.2) is 4.98 Å². The molecule has 0 radical (unpaired) electrons. The first-order valence-electron chi connectivity index (χ1n) is 6.94. The SMILES string of the molecule is CCCc1nc(C2CCC(CC)C2)[nH]c(=O)c1I. The average Bonchev–Trinajstić information content (AvgIpc) is 2.83. The molecule has 0 amide bonds. The molecule has 0 aliphatic heterocycles. The van der Waals surface area contributed by atoms with Crippen molar-refractivity contribution >= 4 is 22.6 Å². The lowest BCUT2D eigenvalue weighted by atomic mass is 10.0. The summed E-state index contributed by atoms with van der Waals surface area (Å²) in [6.07, 6.45) is 6.82. The summed E-state index contributed by atoms with van der Waals surface area (Å²) in [5.41, 5.74) is 1.03. The summed E-state index contributed by atoms with van der Waals surface area (Å²) in [6.45, 7) is 4.38. The molecule has 1 fully saturated rings. The van der Waals surface area contributed by atoms with Crippen LogP contribution in [-0.4, -0.2) is 9.97 Å². The van der Waals surface area contributed by atoms with Gasteiger partial charge in [-0.15, -0.1) is 0 Å². The van der Waals surface area contributed by atoms with Crippen molar-refractivity contribution in [3.8, 4) is 0 Å². The molecule has 1 N–H and O–H groups in total. The first-order chi connectivity index (χ1) is 8.65. The summed E-state index contributed by atoms with van der Waals surface area (Å²) in [7, 11) is 0. The molecule has 1 aromatic heterocycles. The number of hydrogen-bond acceptors (Lipinski definition) is 2. The summed E-state index contributed by atoms with van der Waals surface area (Å²) in [5.74, 6) is 2.21. The van der Waals surface area contributed by atoms with Crippen LogP contribution < -0.4 is 5.56 Å². The monoisotopic (exact) mass is 360 g/mol. The quantitative estimate of drug-likeness (QED) is 0.834. The zero-order valence-corrected chi connectivity index (χ0v) is 13.3. The van der Waals surface area contributed by atoms with Crippen molar-refractivity contribution in [2.45, 2.75) is 58.3 Å². The van der Waals surface area contributed by atoms with Crippen molar-refractivity contribution in [1.82, 2.24) is 9.97 Å². The number of halogens is 1. The Labute approximate surface area is 122 Å². The van der Waals surface area contributed by atoms with Crippen LogP contribution in [0.3, 0.4) is 0 Å². The normalized spacial score (nSPS) is 23.5. The Morgan fingerprint density at radius 1 is 1.39 bits per heavy atom. The molecule has 100 valence electrons. The summed E-state index contributed by atoms with van der Waals surface area (Å²) < 4.78 is 0.767. The molecular formula is C14H21IN2O. The molecule has 0 spiro atoms. The van der Waals surface area contributed by atoms with E-state index in [4.69, 9.17) is 4.98 Å². The molecule has 1 saturated carbocycles. The van der Waals surface area contributed by atoms with E-state index in [0.717, 1.165) is 33.8 Å². The Kier molecular flexibility index (Phi) is 4.81. The second kappa shape index (κ2) is 6.17. The number of nitrogens with one attached hydrogen (secondary N) is 1. The highest BCUT2D eigenvalue weighted by atomic mass is 127. The molecule has 1 aromatic rings. The van der Waals surface area contributed by atoms with E-state index in [1.165, 1.54) is 25.7 Å². The van der Waals surface area contributed by atoms with Crippen molar-refractivity contribution in [3.05, 3.63) is 25.4 Å². The maximum Gasteiger partial charge on any atom is 0.264 e. The second-order valence-corrected chi connectivity index (χ2v) is 6.32. The topological polar surface area (TPSA) is 45.8 Å². The van der Waals surface area contributed by atoms with Crippen LogP contribution in [0.15, 0.2) is 4.79 Å². The molecule has 1 aliphatic carbocycles. The maximum absolute atomic E-state index is 11.9. The number of aromatic amines is 1. The van der Waals surface area contributed by atoms with Gasteiger partial charge >= 0.3 is 0 Å². The molecule has 0 aromatic carbocycles. The predicted molar refractivity (Wildman–Crippen MR) is 81.9 cm³/mol. The van der Waals surface area contributed by atoms with Gasteiger partial charge in [-0.05, 0) is 54.2 Å². The lowest BCUT2D eigenvalue weighted by Gasteiger charge is -2.11. The van der Waals surface area contributed by atoms with Gasteiger partial charge in [0.1, 0.15) is 5.82 Å². The summed E-state index contributed by atoms with van der Waals surface area (Å²) in [5, 5.41) is 0. The molecule has 0 saturated heterocycles. The Balaban J connectivity index is 2.26. The van der Waals surface area contributed by atoms with Crippen LogP contribution in [0.5, 0.6) is 0 Å². The number of aromatic nitrogens is 2. The standard InChI is InChI=1S/C14H21IN2O/c1-3-5-11-12(15)14(18)17-13(16-11)10-7-6-9(4-2)8-10/h9-10H,3-8H2,1-2H3,(H,16,17,18). The van der Waals surface area contributed by atoms with Gasteiger partial charge in [0.2, 0.25) is 0 Å². The highest BCUT2D eigenvalue weighted by Crippen LogP contribution is 2.38. The van der Waals surface area contributed by atoms with Crippen LogP contribution in [-0.2, 0) is 6.42 Å². The molecule has 3 nitrogen and oxygen atoms in total. The highest BCUT2D eigenvalue weighted by Gasteiger charge is 2.27. The van der Waals surface area contributed by atoms with Crippen molar-refractivity contribution in [1.29, 1.82) is 0 Å². The van der Waals surface area contributed by atoms with E-state index in [9.17, 15) is 4.79 Å². The molecule has 1 aliphatic rings. The zero-order chi connectivity index (χ0) is 13.1. The first kappa shape index (κ1) is 14.0. The van der Waals surface area contributed by atoms with Gasteiger partial charge in [0.25, 0.3) is 5.56 Å². The number of hydrogen-bond donors (Lipinski definition) is 1. The molecule has 0 bridgehead atoms. The molecule has 18 heavy (non-hydrogen) atoms. The van der Waals surface area contributed by atoms with E-state index >= 15 is 0 Å². The van der Waals surface area contributed by atoms with E-state index in [2.05, 4.69) is 41.4 Å². The van der Waals surface area contributed by atoms with Crippen molar-refractivity contribution in [2.75, 3.05) is 0 Å². The Morgan fingerprint density at radius 2 is 2.17 bits per heavy atom. The minimum atomic E-state index is 0.0454. The zero-order valence-electron chi connectivity index (χ0n) is 11.1. The van der Waals surface area contributed by atoms with Gasteiger partial charge < -0.3 is 4.98 Å². The second-order valence-electron chi connectivity index (χ2n) is 5.25. The Bertz CT molecular complexity index is 469. The fourth-order valence-corrected chi connectivity index (χ4v) is 3.34. The number of nitrogens with zero attached hydrogens (tertiary/aromatic N) is 1. The molecular weight excluding hydrogens is 339 g/mol. The fraction of sp³-hybridized carbons (Fsp3) is 0.714. The van der Waals surface area contributed by atoms with Crippen LogP contribution in [0.2, 0.25) is 0 Å². The first-order valence-corrected chi connectivity index (χ1v) is 8.02. The molecule has 2 rings (SSSR count). The van der Waals surface area contributed by atoms with Crippen LogP contribution in [0, 0.1) is 9.49 Å². The Morgan fingerprint density at radius 3 is 2.78 bits per heavy atom. The average molecular weight is 360 g/mol. The smallest absolute Gasteiger partial charge is 0.264 e. The highest BCUT2D eigenvalue weighted by molar-refractivity contribution is 14.1. The van der Waals surface area contributed by atoms with E-state index in [-0.39, 0.29) is 5.56 Å². The number of rotatable bonds is 4. The third-order valence-corrected chi connectivity index (χ3v) is 5.05. The van der Waals surface area contributed by atoms with Crippen molar-refractivity contribution in [2.24, 2.45) is 5.92 Å². The van der Waals surface area contributed by atoms with Crippen LogP contribution >= 0.6 is 22.6 Å². The van der Waals surface area contributed by atoms with Gasteiger partial charge in [-0.2, -0.15) is 0 Å². The number of aryl methyl sites for hydroxylation is 1. The fourth-order valence-electron chi connectivity index (χ4n) is 2.81. The van der Waals surface area contributed by atoms with Gasteiger partial charge in [-0.1, -0.05) is 26.7 Å². The molecule has 4 heteroatoms. The maximum atomic E-state index is 11.9. The van der Waals surface area contributed by atoms with Crippen LogP contribution in [0.25, 0.3) is 0 Å². The lowest BCUT2D eigenvalue weighted by molar-refractivity contribution is 0.515. The van der Waals surface area contributed by atoms with Gasteiger partial charge in [-0.3, -0.25) is 4.79 Å². The predicted octanol–water partition coefficient (Wildman–Crippen LogP) is 3.62. The van der Waals surface area contributed by atoms with E-state index in [0.29, 0.717) is 5.92 Å². The summed E-state index contributed by atoms with van der Waals surface area (Å²) >= 11 is 2.11. The minimum absolute atomic E-state index is 0.0454. The third kappa shape index (κ3) is 2.95. The van der Waals surface area contributed by atoms with Crippen molar-refractivity contribution < 1.29 is 0 Å². The van der Waals surface area contributed by atoms with Gasteiger partial charge in [0.15, 0.2) is 0 Å². The molecule has 2 atom stereocenters. The third-order valence-electron chi connectivity index (χ3n) is 3.94. The molecule has 2 unspecified atom stereocenters. The largest absolute Gasteiger partial charge is 0.309 e.